The summed E-state index contributed by atoms with van der Waals surface area (Å²) in [5.74, 6) is -7.73. The number of carbonyl (C=O) groups excluding carboxylic acids is 9. The maximum atomic E-state index is 13.2. The van der Waals surface area contributed by atoms with Crippen LogP contribution in [0.1, 0.15) is 59.8 Å². The fraction of sp³-hybridized carbons (Fsp3) is 0.633. The Labute approximate surface area is 317 Å². The van der Waals surface area contributed by atoms with Crippen molar-refractivity contribution in [1.29, 1.82) is 0 Å². The predicted molar refractivity (Wildman–Crippen MR) is 198 cm³/mol. The number of nitrogens with two attached hydrogens (primary N) is 7. The fourth-order valence-electron chi connectivity index (χ4n) is 4.39. The highest BCUT2D eigenvalue weighted by molar-refractivity contribution is 5.98. The molecule has 0 aromatic carbocycles. The molecule has 0 aromatic heterocycles. The second kappa shape index (κ2) is 24.9. The van der Waals surface area contributed by atoms with Crippen molar-refractivity contribution >= 4 is 65.1 Å². The van der Waals surface area contributed by atoms with E-state index in [1.807, 2.05) is 0 Å². The van der Waals surface area contributed by atoms with Crippen LogP contribution in [-0.2, 0) is 43.2 Å². The minimum atomic E-state index is -1.40. The van der Waals surface area contributed by atoms with Crippen LogP contribution in [0.15, 0.2) is 9.98 Å². The van der Waals surface area contributed by atoms with Crippen molar-refractivity contribution in [3.63, 3.8) is 0 Å². The number of carbonyl (C=O) groups is 9. The molecule has 0 fully saturated rings. The van der Waals surface area contributed by atoms with Gasteiger partial charge in [-0.15, -0.1) is 0 Å². The SMILES string of the molecule is C[C@H](NC(=O)[C@H](C)NC(=O)[C@H](C)NC(=O)[C@@H](CC(N)=O)NC(=O)CN)C(=O)N[C@@H](C)C(=O)N[C@@H](CCCN=C(N)N)C(=O)N[C@@H](CCCN=C(N)N)C(N)=O. The van der Waals surface area contributed by atoms with E-state index in [1.54, 1.807) is 0 Å². The zero-order valence-electron chi connectivity index (χ0n) is 31.3. The number of hydrogen-bond donors (Lipinski definition) is 14. The van der Waals surface area contributed by atoms with Gasteiger partial charge in [-0.05, 0) is 53.4 Å². The monoisotopic (exact) mass is 784 g/mol. The van der Waals surface area contributed by atoms with Gasteiger partial charge in [0.25, 0.3) is 0 Å². The average molecular weight is 785 g/mol. The number of rotatable bonds is 25. The molecule has 0 aliphatic carbocycles. The molecule has 25 heteroatoms. The first-order valence-corrected chi connectivity index (χ1v) is 17.1. The van der Waals surface area contributed by atoms with Crippen LogP contribution in [-0.4, -0.2) is 127 Å². The zero-order chi connectivity index (χ0) is 42.4. The Kier molecular flexibility index (Phi) is 22.0. The number of guanidine groups is 2. The molecule has 55 heavy (non-hydrogen) atoms. The average Bonchev–Trinajstić information content (AvgIpc) is 3.09. The van der Waals surface area contributed by atoms with Gasteiger partial charge in [-0.1, -0.05) is 0 Å². The number of nitrogens with one attached hydrogen (secondary N) is 7. The highest BCUT2D eigenvalue weighted by Crippen LogP contribution is 2.04. The summed E-state index contributed by atoms with van der Waals surface area (Å²) >= 11 is 0. The van der Waals surface area contributed by atoms with Crippen LogP contribution in [0.4, 0.5) is 0 Å². The van der Waals surface area contributed by atoms with Crippen LogP contribution in [0, 0.1) is 0 Å². The summed E-state index contributed by atoms with van der Waals surface area (Å²) in [6, 6.07) is -8.67. The topological polar surface area (TPSA) is 445 Å². The van der Waals surface area contributed by atoms with E-state index < -0.39 is 108 Å². The number of nitrogens with zero attached hydrogens (tertiary/aromatic N) is 2. The molecule has 0 aliphatic rings. The zero-order valence-corrected chi connectivity index (χ0v) is 31.3. The minimum Gasteiger partial charge on any atom is -0.370 e. The van der Waals surface area contributed by atoms with Crippen molar-refractivity contribution in [2.24, 2.45) is 50.1 Å². The van der Waals surface area contributed by atoms with Gasteiger partial charge in [-0.2, -0.15) is 0 Å². The van der Waals surface area contributed by atoms with Gasteiger partial charge in [-0.25, -0.2) is 0 Å². The highest BCUT2D eigenvalue weighted by Gasteiger charge is 2.30. The van der Waals surface area contributed by atoms with E-state index in [2.05, 4.69) is 47.2 Å². The normalized spacial score (nSPS) is 14.3. The second-order valence-corrected chi connectivity index (χ2v) is 12.3. The molecule has 0 aromatic rings. The van der Waals surface area contributed by atoms with E-state index in [0.29, 0.717) is 6.42 Å². The van der Waals surface area contributed by atoms with Crippen molar-refractivity contribution in [1.82, 2.24) is 37.2 Å². The molecule has 0 aliphatic heterocycles. The Morgan fingerprint density at radius 2 is 0.818 bits per heavy atom. The van der Waals surface area contributed by atoms with Crippen molar-refractivity contribution in [2.75, 3.05) is 19.6 Å². The lowest BCUT2D eigenvalue weighted by Crippen LogP contribution is -2.58. The van der Waals surface area contributed by atoms with Gasteiger partial charge >= 0.3 is 0 Å². The molecule has 0 rings (SSSR count). The molecular formula is C30H56N16O9. The molecule has 0 radical (unpaired) electrons. The van der Waals surface area contributed by atoms with Crippen LogP contribution >= 0.6 is 0 Å². The van der Waals surface area contributed by atoms with Crippen LogP contribution in [0.5, 0.6) is 0 Å². The molecule has 21 N–H and O–H groups in total. The van der Waals surface area contributed by atoms with E-state index in [4.69, 9.17) is 40.1 Å². The summed E-state index contributed by atoms with van der Waals surface area (Å²) < 4.78 is 0. The standard InChI is InChI=1S/C30H56N16O9/c1-13(41-25(52)15(3)43-28(55)19(11-20(32)47)44-21(48)12-31)23(50)40-14(2)24(51)42-16(4)26(53)46-18(8-6-10-39-30(36)37)27(54)45-17(22(33)49)7-5-9-38-29(34)35/h13-19H,5-12,31H2,1-4H3,(H2,32,47)(H2,33,49)(H,40,50)(H,41,52)(H,42,51)(H,43,55)(H,44,48)(H,45,54)(H,46,53)(H4,34,35,38)(H4,36,37,39)/t13-,14-,15-,16-,17-,18-,19+/m0/s1. The van der Waals surface area contributed by atoms with Gasteiger partial charge in [-0.3, -0.25) is 53.1 Å². The molecule has 7 atom stereocenters. The molecule has 310 valence electrons. The Hall–Kier alpha value is -6.27. The van der Waals surface area contributed by atoms with Crippen LogP contribution in [0.25, 0.3) is 0 Å². The minimum absolute atomic E-state index is 0.0195. The third-order valence-electron chi connectivity index (χ3n) is 7.43. The highest BCUT2D eigenvalue weighted by atomic mass is 16.2. The van der Waals surface area contributed by atoms with E-state index in [9.17, 15) is 43.2 Å². The molecule has 0 spiro atoms. The van der Waals surface area contributed by atoms with Crippen molar-refractivity contribution in [3.05, 3.63) is 0 Å². The van der Waals surface area contributed by atoms with Crippen molar-refractivity contribution in [3.8, 4) is 0 Å². The third kappa shape index (κ3) is 20.5. The molecule has 0 saturated carbocycles. The first kappa shape index (κ1) is 48.7. The first-order chi connectivity index (χ1) is 25.6. The third-order valence-corrected chi connectivity index (χ3v) is 7.43. The molecule has 0 bridgehead atoms. The molecule has 9 amide bonds. The summed E-state index contributed by atoms with van der Waals surface area (Å²) in [7, 11) is 0. The lowest BCUT2D eigenvalue weighted by molar-refractivity contribution is -0.135. The Balaban J connectivity index is 5.38. The van der Waals surface area contributed by atoms with E-state index in [0.717, 1.165) is 0 Å². The smallest absolute Gasteiger partial charge is 0.243 e. The van der Waals surface area contributed by atoms with Gasteiger partial charge in [0.1, 0.15) is 42.3 Å². The van der Waals surface area contributed by atoms with E-state index in [-0.39, 0.29) is 44.3 Å². The Morgan fingerprint density at radius 3 is 1.18 bits per heavy atom. The van der Waals surface area contributed by atoms with Crippen molar-refractivity contribution in [2.45, 2.75) is 102 Å². The number of amides is 9. The molecule has 0 heterocycles. The van der Waals surface area contributed by atoms with Crippen LogP contribution < -0.4 is 77.4 Å². The van der Waals surface area contributed by atoms with E-state index >= 15 is 0 Å². The predicted octanol–water partition coefficient (Wildman–Crippen LogP) is -8.11. The van der Waals surface area contributed by atoms with Gasteiger partial charge in [0.15, 0.2) is 11.9 Å². The lowest BCUT2D eigenvalue weighted by Gasteiger charge is -2.24. The quantitative estimate of drug-likeness (QED) is 0.0232. The lowest BCUT2D eigenvalue weighted by atomic mass is 10.1. The van der Waals surface area contributed by atoms with Gasteiger partial charge in [0.05, 0.1) is 13.0 Å². The van der Waals surface area contributed by atoms with Crippen molar-refractivity contribution < 1.29 is 43.2 Å². The fourth-order valence-corrected chi connectivity index (χ4v) is 4.39. The molecular weight excluding hydrogens is 728 g/mol. The number of primary amides is 2. The Bertz CT molecular complexity index is 1450. The molecule has 0 unspecified atom stereocenters. The first-order valence-electron chi connectivity index (χ1n) is 17.1. The summed E-state index contributed by atoms with van der Waals surface area (Å²) in [6.45, 7) is 5.01. The largest absolute Gasteiger partial charge is 0.370 e. The van der Waals surface area contributed by atoms with E-state index in [1.165, 1.54) is 27.7 Å². The summed E-state index contributed by atoms with van der Waals surface area (Å²) in [5.41, 5.74) is 37.1. The van der Waals surface area contributed by atoms with Crippen LogP contribution in [0.2, 0.25) is 0 Å². The summed E-state index contributed by atoms with van der Waals surface area (Å²) in [4.78, 5) is 120. The van der Waals surface area contributed by atoms with Gasteiger partial charge in [0, 0.05) is 13.1 Å². The Morgan fingerprint density at radius 1 is 0.473 bits per heavy atom. The maximum Gasteiger partial charge on any atom is 0.243 e. The number of aliphatic imine (C=N–C) groups is 2. The summed E-state index contributed by atoms with van der Waals surface area (Å²) in [6.07, 6.45) is 0.0736. The second-order valence-electron chi connectivity index (χ2n) is 12.3. The molecule has 0 saturated heterocycles. The van der Waals surface area contributed by atoms with Gasteiger partial charge in [0.2, 0.25) is 53.2 Å². The maximum absolute atomic E-state index is 13.2. The summed E-state index contributed by atoms with van der Waals surface area (Å²) in [5, 5.41) is 16.7. The van der Waals surface area contributed by atoms with Crippen LogP contribution in [0.3, 0.4) is 0 Å². The molecule has 25 nitrogen and oxygen atoms in total. The van der Waals surface area contributed by atoms with Gasteiger partial charge < -0.3 is 77.4 Å². The number of hydrogen-bond acceptors (Lipinski definition) is 12.